The van der Waals surface area contributed by atoms with E-state index in [2.05, 4.69) is 15.4 Å². The Bertz CT molecular complexity index is 828. The lowest BCUT2D eigenvalue weighted by Crippen LogP contribution is -2.18. The van der Waals surface area contributed by atoms with Crippen molar-refractivity contribution >= 4 is 5.91 Å². The van der Waals surface area contributed by atoms with Gasteiger partial charge in [-0.2, -0.15) is 4.80 Å². The van der Waals surface area contributed by atoms with Gasteiger partial charge >= 0.3 is 0 Å². The van der Waals surface area contributed by atoms with E-state index >= 15 is 0 Å². The third-order valence-corrected chi connectivity index (χ3v) is 3.44. The molecule has 122 valence electrons. The van der Waals surface area contributed by atoms with Gasteiger partial charge in [-0.15, -0.1) is 10.2 Å². The Morgan fingerprint density at radius 2 is 1.88 bits per heavy atom. The summed E-state index contributed by atoms with van der Waals surface area (Å²) in [6.45, 7) is 0.421. The van der Waals surface area contributed by atoms with Gasteiger partial charge in [0.2, 0.25) is 5.82 Å². The molecule has 8 nitrogen and oxygen atoms in total. The second-order valence-electron chi connectivity index (χ2n) is 5.01. The summed E-state index contributed by atoms with van der Waals surface area (Å²) in [5.74, 6) is 0.731. The second-order valence-corrected chi connectivity index (χ2v) is 5.01. The van der Waals surface area contributed by atoms with Crippen LogP contribution in [-0.2, 0) is 6.54 Å². The van der Waals surface area contributed by atoms with Crippen LogP contribution in [0.1, 0.15) is 15.9 Å². The van der Waals surface area contributed by atoms with Crippen molar-refractivity contribution in [3.05, 3.63) is 59.7 Å². The highest BCUT2D eigenvalue weighted by Crippen LogP contribution is 2.18. The van der Waals surface area contributed by atoms with Gasteiger partial charge in [-0.25, -0.2) is 5.48 Å². The first-order valence-electron chi connectivity index (χ1n) is 7.15. The van der Waals surface area contributed by atoms with E-state index in [-0.39, 0.29) is 0 Å². The first kappa shape index (κ1) is 15.6. The third-order valence-electron chi connectivity index (χ3n) is 3.44. The van der Waals surface area contributed by atoms with Crippen LogP contribution in [0.5, 0.6) is 5.75 Å². The van der Waals surface area contributed by atoms with Crippen LogP contribution >= 0.6 is 0 Å². The first-order valence-corrected chi connectivity index (χ1v) is 7.15. The molecule has 1 aromatic heterocycles. The number of nitrogens with one attached hydrogen (secondary N) is 1. The maximum absolute atomic E-state index is 11.3. The van der Waals surface area contributed by atoms with Crippen LogP contribution in [0.15, 0.2) is 48.5 Å². The summed E-state index contributed by atoms with van der Waals surface area (Å²) >= 11 is 0. The second kappa shape index (κ2) is 6.88. The highest BCUT2D eigenvalue weighted by Gasteiger charge is 2.08. The van der Waals surface area contributed by atoms with Crippen LogP contribution in [0.2, 0.25) is 0 Å². The summed E-state index contributed by atoms with van der Waals surface area (Å²) in [5.41, 5.74) is 3.71. The van der Waals surface area contributed by atoms with Crippen LogP contribution in [-0.4, -0.2) is 38.4 Å². The molecule has 8 heteroatoms. The van der Waals surface area contributed by atoms with E-state index in [0.717, 1.165) is 16.9 Å². The van der Waals surface area contributed by atoms with Gasteiger partial charge in [0.05, 0.1) is 13.7 Å². The van der Waals surface area contributed by atoms with Crippen LogP contribution in [0.25, 0.3) is 11.4 Å². The zero-order valence-electron chi connectivity index (χ0n) is 12.9. The molecule has 2 aromatic carbocycles. The van der Waals surface area contributed by atoms with Crippen LogP contribution < -0.4 is 10.2 Å². The fourth-order valence-corrected chi connectivity index (χ4v) is 2.16. The highest BCUT2D eigenvalue weighted by atomic mass is 16.5. The molecular weight excluding hydrogens is 310 g/mol. The topological polar surface area (TPSA) is 102 Å². The first-order chi connectivity index (χ1) is 11.7. The number of methoxy groups -OCH3 is 1. The van der Waals surface area contributed by atoms with Crippen molar-refractivity contribution in [2.24, 2.45) is 0 Å². The van der Waals surface area contributed by atoms with E-state index in [1.807, 2.05) is 24.3 Å². The maximum Gasteiger partial charge on any atom is 0.274 e. The molecule has 0 unspecified atom stereocenters. The average Bonchev–Trinajstić information content (AvgIpc) is 3.10. The average molecular weight is 325 g/mol. The standard InChI is InChI=1S/C16H15N5O3/c1-24-14-8-6-12(7-9-14)15-17-20-21(18-15)10-11-2-4-13(5-3-11)16(22)19-23/h2-9,23H,10H2,1H3,(H,19,22). The minimum atomic E-state index is -0.553. The molecule has 0 radical (unpaired) electrons. The Kier molecular flexibility index (Phi) is 4.48. The number of nitrogens with zero attached hydrogens (tertiary/aromatic N) is 4. The molecule has 1 amide bonds. The molecule has 3 aromatic rings. The number of rotatable bonds is 5. The molecular formula is C16H15N5O3. The SMILES string of the molecule is COc1ccc(-c2nnn(Cc3ccc(C(=O)NO)cc3)n2)cc1. The zero-order valence-corrected chi connectivity index (χ0v) is 12.9. The number of carbonyl (C=O) groups is 1. The summed E-state index contributed by atoms with van der Waals surface area (Å²) < 4.78 is 5.12. The smallest absolute Gasteiger partial charge is 0.274 e. The number of ether oxygens (including phenoxy) is 1. The third kappa shape index (κ3) is 3.39. The van der Waals surface area contributed by atoms with Crippen LogP contribution in [0, 0.1) is 0 Å². The van der Waals surface area contributed by atoms with Gasteiger partial charge in [0.1, 0.15) is 5.75 Å². The van der Waals surface area contributed by atoms with E-state index < -0.39 is 5.91 Å². The van der Waals surface area contributed by atoms with Gasteiger partial charge in [-0.05, 0) is 47.2 Å². The normalized spacial score (nSPS) is 10.4. The van der Waals surface area contributed by atoms with E-state index in [0.29, 0.717) is 17.9 Å². The Balaban J connectivity index is 1.72. The Labute approximate surface area is 137 Å². The van der Waals surface area contributed by atoms with Crippen molar-refractivity contribution in [2.45, 2.75) is 6.54 Å². The number of hydrogen-bond acceptors (Lipinski definition) is 6. The minimum absolute atomic E-state index is 0.367. The number of aromatic nitrogens is 4. The molecule has 2 N–H and O–H groups in total. The van der Waals surface area contributed by atoms with Crippen molar-refractivity contribution in [3.8, 4) is 17.1 Å². The predicted molar refractivity (Wildman–Crippen MR) is 84.6 cm³/mol. The number of carbonyl (C=O) groups excluding carboxylic acids is 1. The molecule has 0 atom stereocenters. The van der Waals surface area contributed by atoms with E-state index in [4.69, 9.17) is 9.94 Å². The molecule has 0 aliphatic heterocycles. The van der Waals surface area contributed by atoms with Gasteiger partial charge in [-0.1, -0.05) is 12.1 Å². The van der Waals surface area contributed by atoms with Gasteiger partial charge in [0.25, 0.3) is 5.91 Å². The van der Waals surface area contributed by atoms with Crippen LogP contribution in [0.3, 0.4) is 0 Å². The van der Waals surface area contributed by atoms with Crippen molar-refractivity contribution in [3.63, 3.8) is 0 Å². The van der Waals surface area contributed by atoms with Crippen molar-refractivity contribution in [2.75, 3.05) is 7.11 Å². The summed E-state index contributed by atoms with van der Waals surface area (Å²) in [6.07, 6.45) is 0. The predicted octanol–water partition coefficient (Wildman–Crippen LogP) is 1.52. The monoisotopic (exact) mass is 325 g/mol. The lowest BCUT2D eigenvalue weighted by atomic mass is 10.1. The molecule has 0 fully saturated rings. The quantitative estimate of drug-likeness (QED) is 0.544. The fourth-order valence-electron chi connectivity index (χ4n) is 2.16. The minimum Gasteiger partial charge on any atom is -0.497 e. The number of amides is 1. The van der Waals surface area contributed by atoms with Crippen molar-refractivity contribution in [1.29, 1.82) is 0 Å². The Morgan fingerprint density at radius 3 is 2.50 bits per heavy atom. The molecule has 1 heterocycles. The van der Waals surface area contributed by atoms with Crippen molar-refractivity contribution < 1.29 is 14.7 Å². The molecule has 0 aliphatic carbocycles. The van der Waals surface area contributed by atoms with E-state index in [1.165, 1.54) is 4.80 Å². The molecule has 0 spiro atoms. The zero-order chi connectivity index (χ0) is 16.9. The highest BCUT2D eigenvalue weighted by molar-refractivity contribution is 5.93. The molecule has 0 aliphatic rings. The molecule has 0 bridgehead atoms. The lowest BCUT2D eigenvalue weighted by molar-refractivity contribution is 0.0706. The van der Waals surface area contributed by atoms with Gasteiger partial charge < -0.3 is 4.74 Å². The van der Waals surface area contributed by atoms with Gasteiger partial charge in [0.15, 0.2) is 0 Å². The van der Waals surface area contributed by atoms with E-state index in [9.17, 15) is 4.79 Å². The molecule has 0 saturated carbocycles. The molecule has 24 heavy (non-hydrogen) atoms. The molecule has 3 rings (SSSR count). The lowest BCUT2D eigenvalue weighted by Gasteiger charge is -2.02. The largest absolute Gasteiger partial charge is 0.497 e. The summed E-state index contributed by atoms with van der Waals surface area (Å²) in [7, 11) is 1.61. The number of hydroxylamine groups is 1. The Hall–Kier alpha value is -3.26. The number of tetrazole rings is 1. The van der Waals surface area contributed by atoms with Gasteiger partial charge in [0, 0.05) is 11.1 Å². The van der Waals surface area contributed by atoms with Crippen LogP contribution in [0.4, 0.5) is 0 Å². The maximum atomic E-state index is 11.3. The summed E-state index contributed by atoms with van der Waals surface area (Å²) in [5, 5.41) is 21.0. The number of hydrogen-bond donors (Lipinski definition) is 2. The molecule has 0 saturated heterocycles. The fraction of sp³-hybridized carbons (Fsp3) is 0.125. The van der Waals surface area contributed by atoms with Crippen molar-refractivity contribution in [1.82, 2.24) is 25.7 Å². The summed E-state index contributed by atoms with van der Waals surface area (Å²) in [4.78, 5) is 12.8. The number of benzene rings is 2. The Morgan fingerprint density at radius 1 is 1.17 bits per heavy atom. The van der Waals surface area contributed by atoms with E-state index in [1.54, 1.807) is 36.9 Å². The summed E-state index contributed by atoms with van der Waals surface area (Å²) in [6, 6.07) is 14.2. The van der Waals surface area contributed by atoms with Gasteiger partial charge in [-0.3, -0.25) is 10.0 Å².